The molecule has 0 saturated heterocycles. The first-order valence-electron chi connectivity index (χ1n) is 4.38. The van der Waals surface area contributed by atoms with Crippen LogP contribution in [0.1, 0.15) is 25.3 Å². The zero-order chi connectivity index (χ0) is 9.14. The molecule has 0 bridgehead atoms. The van der Waals surface area contributed by atoms with E-state index in [2.05, 4.69) is 57.1 Å². The molecule has 0 aliphatic heterocycles. The molecular weight excluding hydrogens is 182 g/mol. The van der Waals surface area contributed by atoms with Gasteiger partial charge in [0.25, 0.3) is 0 Å². The first-order chi connectivity index (χ1) is 5.61. The highest BCUT2D eigenvalue weighted by Crippen LogP contribution is 2.18. The van der Waals surface area contributed by atoms with Crippen molar-refractivity contribution in [2.75, 3.05) is 19.0 Å². The summed E-state index contributed by atoms with van der Waals surface area (Å²) in [5.74, 6) is 0.626. The number of benzene rings is 1. The van der Waals surface area contributed by atoms with Gasteiger partial charge < -0.3 is 4.90 Å². The standard InChI is InChI=1S/C11H17N.ClH/c1-9(2)10-5-7-11(8-6-10)12(3)4;/h5-9H,1-4H3;1H. The highest BCUT2D eigenvalue weighted by Gasteiger charge is 1.98. The lowest BCUT2D eigenvalue weighted by atomic mass is 10.0. The Kier molecular flexibility index (Phi) is 4.86. The topological polar surface area (TPSA) is 3.24 Å². The molecule has 74 valence electrons. The van der Waals surface area contributed by atoms with Crippen LogP contribution in [0.15, 0.2) is 24.3 Å². The van der Waals surface area contributed by atoms with E-state index < -0.39 is 0 Å². The summed E-state index contributed by atoms with van der Waals surface area (Å²) in [4.78, 5) is 2.12. The Morgan fingerprint density at radius 3 is 1.77 bits per heavy atom. The summed E-state index contributed by atoms with van der Waals surface area (Å²) in [6, 6.07) is 8.71. The summed E-state index contributed by atoms with van der Waals surface area (Å²) in [6.45, 7) is 4.43. The van der Waals surface area contributed by atoms with Crippen molar-refractivity contribution in [1.82, 2.24) is 0 Å². The van der Waals surface area contributed by atoms with Gasteiger partial charge in [-0.25, -0.2) is 0 Å². The minimum absolute atomic E-state index is 0. The van der Waals surface area contributed by atoms with E-state index in [9.17, 15) is 0 Å². The molecule has 0 atom stereocenters. The average Bonchev–Trinajstić information content (AvgIpc) is 2.04. The van der Waals surface area contributed by atoms with E-state index in [1.165, 1.54) is 11.3 Å². The molecule has 2 heteroatoms. The number of rotatable bonds is 2. The van der Waals surface area contributed by atoms with E-state index in [4.69, 9.17) is 0 Å². The van der Waals surface area contributed by atoms with Gasteiger partial charge in [-0.3, -0.25) is 0 Å². The van der Waals surface area contributed by atoms with Crippen molar-refractivity contribution in [3.8, 4) is 0 Å². The molecule has 0 N–H and O–H groups in total. The highest BCUT2D eigenvalue weighted by molar-refractivity contribution is 5.85. The summed E-state index contributed by atoms with van der Waals surface area (Å²) in [6.07, 6.45) is 0. The van der Waals surface area contributed by atoms with Crippen LogP contribution in [0.5, 0.6) is 0 Å². The van der Waals surface area contributed by atoms with E-state index in [1.807, 2.05) is 0 Å². The lowest BCUT2D eigenvalue weighted by molar-refractivity contribution is 0.866. The van der Waals surface area contributed by atoms with Gasteiger partial charge in [0.1, 0.15) is 0 Å². The normalized spacial score (nSPS) is 9.62. The number of hydrogen-bond donors (Lipinski definition) is 0. The van der Waals surface area contributed by atoms with Crippen molar-refractivity contribution in [2.45, 2.75) is 19.8 Å². The summed E-state index contributed by atoms with van der Waals surface area (Å²) < 4.78 is 0. The minimum Gasteiger partial charge on any atom is -0.378 e. The predicted molar refractivity (Wildman–Crippen MR) is 62.1 cm³/mol. The quantitative estimate of drug-likeness (QED) is 0.707. The van der Waals surface area contributed by atoms with E-state index in [-0.39, 0.29) is 12.4 Å². The van der Waals surface area contributed by atoms with Crippen LogP contribution in [0, 0.1) is 0 Å². The van der Waals surface area contributed by atoms with Gasteiger partial charge in [-0.15, -0.1) is 12.4 Å². The van der Waals surface area contributed by atoms with Gasteiger partial charge in [0.15, 0.2) is 0 Å². The molecule has 0 aliphatic rings. The van der Waals surface area contributed by atoms with Crippen LogP contribution in [0.25, 0.3) is 0 Å². The van der Waals surface area contributed by atoms with Crippen LogP contribution in [0.2, 0.25) is 0 Å². The van der Waals surface area contributed by atoms with Crippen molar-refractivity contribution in [3.63, 3.8) is 0 Å². The summed E-state index contributed by atoms with van der Waals surface area (Å²) >= 11 is 0. The van der Waals surface area contributed by atoms with Gasteiger partial charge in [-0.1, -0.05) is 26.0 Å². The second kappa shape index (κ2) is 5.13. The lowest BCUT2D eigenvalue weighted by Crippen LogP contribution is -2.08. The first-order valence-corrected chi connectivity index (χ1v) is 4.38. The lowest BCUT2D eigenvalue weighted by Gasteiger charge is -2.13. The zero-order valence-electron chi connectivity index (χ0n) is 8.74. The van der Waals surface area contributed by atoms with Gasteiger partial charge in [0, 0.05) is 19.8 Å². The van der Waals surface area contributed by atoms with Gasteiger partial charge in [-0.2, -0.15) is 0 Å². The van der Waals surface area contributed by atoms with Crippen LogP contribution < -0.4 is 4.90 Å². The smallest absolute Gasteiger partial charge is 0.0361 e. The summed E-state index contributed by atoms with van der Waals surface area (Å²) in [7, 11) is 4.12. The van der Waals surface area contributed by atoms with Crippen molar-refractivity contribution >= 4 is 18.1 Å². The molecule has 1 nitrogen and oxygen atoms in total. The Labute approximate surface area is 87.2 Å². The maximum atomic E-state index is 2.21. The fraction of sp³-hybridized carbons (Fsp3) is 0.455. The molecule has 0 aliphatic carbocycles. The second-order valence-electron chi connectivity index (χ2n) is 3.64. The van der Waals surface area contributed by atoms with Crippen LogP contribution in [-0.4, -0.2) is 14.1 Å². The first kappa shape index (κ1) is 12.3. The van der Waals surface area contributed by atoms with Crippen LogP contribution in [0.3, 0.4) is 0 Å². The minimum atomic E-state index is 0. The van der Waals surface area contributed by atoms with E-state index >= 15 is 0 Å². The van der Waals surface area contributed by atoms with E-state index in [1.54, 1.807) is 0 Å². The maximum Gasteiger partial charge on any atom is 0.0361 e. The molecule has 0 radical (unpaired) electrons. The molecule has 0 amide bonds. The van der Waals surface area contributed by atoms with Crippen molar-refractivity contribution < 1.29 is 0 Å². The third-order valence-corrected chi connectivity index (χ3v) is 2.08. The van der Waals surface area contributed by atoms with Crippen molar-refractivity contribution in [3.05, 3.63) is 29.8 Å². The number of hydrogen-bond acceptors (Lipinski definition) is 1. The van der Waals surface area contributed by atoms with E-state index in [0.29, 0.717) is 5.92 Å². The van der Waals surface area contributed by atoms with E-state index in [0.717, 1.165) is 0 Å². The fourth-order valence-corrected chi connectivity index (χ4v) is 1.16. The molecule has 0 saturated carbocycles. The Hall–Kier alpha value is -0.690. The Balaban J connectivity index is 0.00000144. The van der Waals surface area contributed by atoms with Gasteiger partial charge >= 0.3 is 0 Å². The Morgan fingerprint density at radius 1 is 1.00 bits per heavy atom. The molecule has 0 unspecified atom stereocenters. The summed E-state index contributed by atoms with van der Waals surface area (Å²) in [5.41, 5.74) is 2.67. The molecule has 0 spiro atoms. The monoisotopic (exact) mass is 199 g/mol. The molecule has 1 aromatic carbocycles. The predicted octanol–water partition coefficient (Wildman–Crippen LogP) is 3.30. The largest absolute Gasteiger partial charge is 0.378 e. The molecule has 0 fully saturated rings. The van der Waals surface area contributed by atoms with Crippen molar-refractivity contribution in [2.24, 2.45) is 0 Å². The number of anilines is 1. The van der Waals surface area contributed by atoms with Gasteiger partial charge in [0.05, 0.1) is 0 Å². The van der Waals surface area contributed by atoms with Crippen LogP contribution in [0.4, 0.5) is 5.69 Å². The number of nitrogens with zero attached hydrogens (tertiary/aromatic N) is 1. The van der Waals surface area contributed by atoms with Gasteiger partial charge in [-0.05, 0) is 23.6 Å². The Morgan fingerprint density at radius 2 is 1.46 bits per heavy atom. The average molecular weight is 200 g/mol. The molecule has 1 rings (SSSR count). The third-order valence-electron chi connectivity index (χ3n) is 2.08. The second-order valence-corrected chi connectivity index (χ2v) is 3.64. The number of halogens is 1. The van der Waals surface area contributed by atoms with Crippen molar-refractivity contribution in [1.29, 1.82) is 0 Å². The molecular formula is C11H18ClN. The summed E-state index contributed by atoms with van der Waals surface area (Å²) in [5, 5.41) is 0. The molecule has 13 heavy (non-hydrogen) atoms. The highest BCUT2D eigenvalue weighted by atomic mass is 35.5. The maximum absolute atomic E-state index is 2.21. The van der Waals surface area contributed by atoms with Crippen LogP contribution >= 0.6 is 12.4 Å². The molecule has 0 aromatic heterocycles. The zero-order valence-corrected chi connectivity index (χ0v) is 9.56. The molecule has 0 heterocycles. The molecule has 1 aromatic rings. The van der Waals surface area contributed by atoms with Crippen LogP contribution in [-0.2, 0) is 0 Å². The van der Waals surface area contributed by atoms with Gasteiger partial charge in [0.2, 0.25) is 0 Å². The third kappa shape index (κ3) is 3.27. The SMILES string of the molecule is CC(C)c1ccc(N(C)C)cc1.Cl. The fourth-order valence-electron chi connectivity index (χ4n) is 1.16. The Bertz CT molecular complexity index is 212.